The van der Waals surface area contributed by atoms with Crippen molar-refractivity contribution in [1.29, 1.82) is 0 Å². The number of nitrogens with two attached hydrogens (primary N) is 1. The first kappa shape index (κ1) is 22.0. The maximum absolute atomic E-state index is 6.60. The van der Waals surface area contributed by atoms with Gasteiger partial charge in [0.15, 0.2) is 5.13 Å². The molecule has 6 nitrogen and oxygen atoms in total. The summed E-state index contributed by atoms with van der Waals surface area (Å²) >= 11 is 8.29. The van der Waals surface area contributed by atoms with E-state index < -0.39 is 0 Å². The van der Waals surface area contributed by atoms with Gasteiger partial charge in [0, 0.05) is 67.3 Å². The number of aryl methyl sites for hydroxylation is 1. The number of piperazine rings is 1. The fourth-order valence-electron chi connectivity index (χ4n) is 5.33. The molecule has 3 heterocycles. The van der Waals surface area contributed by atoms with Crippen LogP contribution in [0, 0.1) is 0 Å². The molecule has 2 aliphatic rings. The van der Waals surface area contributed by atoms with Crippen LogP contribution in [-0.4, -0.2) is 71.6 Å². The molecule has 1 aliphatic carbocycles. The number of hydrogen-bond acceptors (Lipinski definition) is 6. The number of aromatic nitrogens is 2. The Morgan fingerprint density at radius 1 is 1.22 bits per heavy atom. The Kier molecular flexibility index (Phi) is 6.60. The van der Waals surface area contributed by atoms with Gasteiger partial charge in [-0.25, -0.2) is 4.98 Å². The zero-order valence-corrected chi connectivity index (χ0v) is 20.4. The summed E-state index contributed by atoms with van der Waals surface area (Å²) in [6.45, 7) is 9.92. The van der Waals surface area contributed by atoms with E-state index in [2.05, 4.69) is 43.7 Å². The number of rotatable bonds is 7. The highest BCUT2D eigenvalue weighted by Crippen LogP contribution is 2.34. The summed E-state index contributed by atoms with van der Waals surface area (Å²) in [5.74, 6) is 0. The van der Waals surface area contributed by atoms with Crippen LogP contribution in [0.5, 0.6) is 0 Å². The zero-order chi connectivity index (χ0) is 22.1. The summed E-state index contributed by atoms with van der Waals surface area (Å²) in [6.07, 6.45) is 6.57. The molecule has 3 aromatic rings. The number of hydrogen-bond donors (Lipinski definition) is 2. The van der Waals surface area contributed by atoms with E-state index in [-0.39, 0.29) is 0 Å². The number of aromatic amines is 1. The quantitative estimate of drug-likeness (QED) is 0.538. The molecule has 1 saturated heterocycles. The number of anilines is 2. The van der Waals surface area contributed by atoms with Crippen molar-refractivity contribution in [3.8, 4) is 0 Å². The van der Waals surface area contributed by atoms with E-state index in [0.29, 0.717) is 6.04 Å². The molecule has 0 amide bonds. The van der Waals surface area contributed by atoms with Crippen molar-refractivity contribution in [2.45, 2.75) is 38.6 Å². The number of benzene rings is 1. The molecule has 1 aliphatic heterocycles. The number of nitrogens with zero attached hydrogens (tertiary/aromatic N) is 4. The molecule has 3 N–H and O–H groups in total. The normalized spacial score (nSPS) is 19.7. The topological polar surface area (TPSA) is 64.4 Å². The van der Waals surface area contributed by atoms with Crippen LogP contribution in [0.15, 0.2) is 24.4 Å². The van der Waals surface area contributed by atoms with Gasteiger partial charge in [0.25, 0.3) is 0 Å². The van der Waals surface area contributed by atoms with Crippen LogP contribution in [0.4, 0.5) is 10.8 Å². The average molecular weight is 473 g/mol. The Bertz CT molecular complexity index is 1050. The van der Waals surface area contributed by atoms with Gasteiger partial charge < -0.3 is 15.6 Å². The fraction of sp³-hybridized carbons (Fsp3) is 0.542. The summed E-state index contributed by atoms with van der Waals surface area (Å²) in [5, 5.41) is 2.80. The molecule has 0 radical (unpaired) electrons. The summed E-state index contributed by atoms with van der Waals surface area (Å²) in [4.78, 5) is 17.0. The van der Waals surface area contributed by atoms with Crippen LogP contribution < -0.4 is 10.6 Å². The van der Waals surface area contributed by atoms with E-state index in [9.17, 15) is 0 Å². The van der Waals surface area contributed by atoms with Crippen molar-refractivity contribution in [3.05, 3.63) is 40.0 Å². The maximum Gasteiger partial charge on any atom is 0.180 e. The van der Waals surface area contributed by atoms with Crippen LogP contribution in [0.3, 0.4) is 0 Å². The Balaban J connectivity index is 1.17. The lowest BCUT2D eigenvalue weighted by Crippen LogP contribution is -2.50. The van der Waals surface area contributed by atoms with Gasteiger partial charge in [-0.1, -0.05) is 18.5 Å². The molecule has 2 aromatic heterocycles. The molecule has 1 atom stereocenters. The van der Waals surface area contributed by atoms with Crippen molar-refractivity contribution in [3.63, 3.8) is 0 Å². The number of thiazole rings is 1. The van der Waals surface area contributed by atoms with Gasteiger partial charge >= 0.3 is 0 Å². The monoisotopic (exact) mass is 472 g/mol. The minimum absolute atomic E-state index is 0.619. The number of fused-ring (bicyclic) bond motifs is 2. The fourth-order valence-corrected chi connectivity index (χ4v) is 6.56. The average Bonchev–Trinajstić information content (AvgIpc) is 3.42. The second-order valence-corrected chi connectivity index (χ2v) is 10.5. The van der Waals surface area contributed by atoms with Gasteiger partial charge in [-0.2, -0.15) is 0 Å². The third kappa shape index (κ3) is 4.49. The van der Waals surface area contributed by atoms with E-state index in [1.807, 2.05) is 12.3 Å². The Labute approximate surface area is 199 Å². The lowest BCUT2D eigenvalue weighted by molar-refractivity contribution is 0.146. The van der Waals surface area contributed by atoms with E-state index >= 15 is 0 Å². The molecular formula is C24H33ClN6S. The number of halogens is 1. The molecule has 32 heavy (non-hydrogen) atoms. The van der Waals surface area contributed by atoms with Crippen LogP contribution in [0.1, 0.15) is 30.3 Å². The van der Waals surface area contributed by atoms with Crippen molar-refractivity contribution in [2.24, 2.45) is 0 Å². The second-order valence-electron chi connectivity index (χ2n) is 9.02. The third-order valence-electron chi connectivity index (χ3n) is 7.01. The van der Waals surface area contributed by atoms with E-state index in [1.54, 1.807) is 11.3 Å². The lowest BCUT2D eigenvalue weighted by atomic mass is 9.96. The van der Waals surface area contributed by atoms with Gasteiger partial charge in [0.05, 0.1) is 16.4 Å². The molecule has 5 rings (SSSR count). The first-order valence-electron chi connectivity index (χ1n) is 11.8. The maximum atomic E-state index is 6.60. The van der Waals surface area contributed by atoms with Crippen molar-refractivity contribution >= 4 is 44.7 Å². The standard InChI is InChI=1S/C24H33ClN6S/c1-2-9-30(17-3-5-21-22(16-17)32-24(26)28-21)13-10-29-11-14-31(15-12-29)23-18-7-8-27-20(18)6-4-19(23)25/h4,6-8,17,27H,2-3,5,9-16H2,1H3,(H2,26,28)/t17-/m0/s1. The first-order chi connectivity index (χ1) is 15.6. The number of nitrogen functional groups attached to an aromatic ring is 1. The molecule has 0 saturated carbocycles. The minimum Gasteiger partial charge on any atom is -0.375 e. The van der Waals surface area contributed by atoms with Gasteiger partial charge in [-0.3, -0.25) is 9.80 Å². The van der Waals surface area contributed by atoms with Crippen molar-refractivity contribution in [1.82, 2.24) is 19.8 Å². The predicted octanol–water partition coefficient (Wildman–Crippen LogP) is 4.25. The summed E-state index contributed by atoms with van der Waals surface area (Å²) in [6, 6.07) is 6.83. The molecule has 0 spiro atoms. The largest absolute Gasteiger partial charge is 0.375 e. The Morgan fingerprint density at radius 2 is 2.06 bits per heavy atom. The first-order valence-corrected chi connectivity index (χ1v) is 13.0. The van der Waals surface area contributed by atoms with Crippen LogP contribution in [-0.2, 0) is 12.8 Å². The highest BCUT2D eigenvalue weighted by Gasteiger charge is 2.27. The highest BCUT2D eigenvalue weighted by atomic mass is 35.5. The second kappa shape index (κ2) is 9.59. The van der Waals surface area contributed by atoms with Gasteiger partial charge in [0.2, 0.25) is 0 Å². The van der Waals surface area contributed by atoms with Crippen LogP contribution >= 0.6 is 22.9 Å². The molecule has 0 bridgehead atoms. The number of nitrogens with one attached hydrogen (secondary N) is 1. The highest BCUT2D eigenvalue weighted by molar-refractivity contribution is 7.15. The van der Waals surface area contributed by atoms with Crippen molar-refractivity contribution < 1.29 is 0 Å². The molecule has 172 valence electrons. The minimum atomic E-state index is 0.619. The summed E-state index contributed by atoms with van der Waals surface area (Å²) in [5.41, 5.74) is 9.53. The SMILES string of the molecule is CCCN(CCN1CCN(c2c(Cl)ccc3[nH]ccc23)CC1)[C@H]1CCc2nc(N)sc2C1. The van der Waals surface area contributed by atoms with Gasteiger partial charge in [-0.15, -0.1) is 11.3 Å². The molecule has 1 aromatic carbocycles. The Morgan fingerprint density at radius 3 is 2.88 bits per heavy atom. The van der Waals surface area contributed by atoms with E-state index in [1.165, 1.54) is 41.0 Å². The molecule has 8 heteroatoms. The Hall–Kier alpha value is -1.80. The zero-order valence-electron chi connectivity index (χ0n) is 18.8. The molecule has 0 unspecified atom stereocenters. The molecule has 1 fully saturated rings. The lowest BCUT2D eigenvalue weighted by Gasteiger charge is -2.39. The summed E-state index contributed by atoms with van der Waals surface area (Å²) in [7, 11) is 0. The number of H-pyrrole nitrogens is 1. The van der Waals surface area contributed by atoms with E-state index in [4.69, 9.17) is 17.3 Å². The van der Waals surface area contributed by atoms with Gasteiger partial charge in [0.1, 0.15) is 0 Å². The smallest absolute Gasteiger partial charge is 0.180 e. The van der Waals surface area contributed by atoms with E-state index in [0.717, 1.165) is 67.8 Å². The predicted molar refractivity (Wildman–Crippen MR) is 136 cm³/mol. The summed E-state index contributed by atoms with van der Waals surface area (Å²) < 4.78 is 0. The van der Waals surface area contributed by atoms with Gasteiger partial charge in [-0.05, 0) is 50.4 Å². The van der Waals surface area contributed by atoms with Crippen LogP contribution in [0.25, 0.3) is 10.9 Å². The molecular weight excluding hydrogens is 440 g/mol. The van der Waals surface area contributed by atoms with Crippen molar-refractivity contribution in [2.75, 3.05) is 56.4 Å². The van der Waals surface area contributed by atoms with Crippen LogP contribution in [0.2, 0.25) is 5.02 Å². The third-order valence-corrected chi connectivity index (χ3v) is 8.26.